The number of amides is 1. The molecule has 3 rings (SSSR count). The number of carboxylic acids is 1. The molecule has 3 aromatic rings. The van der Waals surface area contributed by atoms with Crippen LogP contribution in [0.25, 0.3) is 10.9 Å². The molecule has 9 heteroatoms. The summed E-state index contributed by atoms with van der Waals surface area (Å²) in [6.07, 6.45) is -1.45. The quantitative estimate of drug-likeness (QED) is 0.383. The lowest BCUT2D eigenvalue weighted by molar-refractivity contribution is -0.138. The molecule has 4 N–H and O–H groups in total. The Morgan fingerprint density at radius 3 is 2.28 bits per heavy atom. The first-order chi connectivity index (χ1) is 15.2. The molecular formula is C23H25ClN2O6. The Balaban J connectivity index is 1.90. The van der Waals surface area contributed by atoms with E-state index in [0.717, 1.165) is 0 Å². The Morgan fingerprint density at radius 1 is 1.12 bits per heavy atom. The van der Waals surface area contributed by atoms with Crippen LogP contribution in [0.15, 0.2) is 42.5 Å². The summed E-state index contributed by atoms with van der Waals surface area (Å²) >= 11 is 6.37. The predicted octanol–water partition coefficient (Wildman–Crippen LogP) is 3.20. The zero-order valence-corrected chi connectivity index (χ0v) is 18.6. The predicted molar refractivity (Wildman–Crippen MR) is 120 cm³/mol. The molecule has 170 valence electrons. The molecule has 0 aliphatic carbocycles. The molecular weight excluding hydrogens is 436 g/mol. The van der Waals surface area contributed by atoms with Crippen molar-refractivity contribution >= 4 is 34.4 Å². The summed E-state index contributed by atoms with van der Waals surface area (Å²) in [6, 6.07) is 10.4. The number of aryl methyl sites for hydroxylation is 1. The van der Waals surface area contributed by atoms with Crippen molar-refractivity contribution in [2.45, 2.75) is 31.6 Å². The van der Waals surface area contributed by atoms with Crippen LogP contribution in [-0.4, -0.2) is 45.2 Å². The van der Waals surface area contributed by atoms with Gasteiger partial charge in [-0.1, -0.05) is 42.8 Å². The van der Waals surface area contributed by atoms with E-state index in [0.29, 0.717) is 39.2 Å². The highest BCUT2D eigenvalue weighted by molar-refractivity contribution is 6.37. The average molecular weight is 461 g/mol. The minimum absolute atomic E-state index is 0.273. The van der Waals surface area contributed by atoms with Gasteiger partial charge in [-0.25, -0.2) is 0 Å². The molecule has 1 amide bonds. The van der Waals surface area contributed by atoms with Gasteiger partial charge in [0.2, 0.25) is 0 Å². The van der Waals surface area contributed by atoms with E-state index in [2.05, 4.69) is 5.32 Å². The van der Waals surface area contributed by atoms with Crippen molar-refractivity contribution in [2.75, 3.05) is 7.11 Å². The Morgan fingerprint density at radius 2 is 1.75 bits per heavy atom. The first-order valence-corrected chi connectivity index (χ1v) is 10.4. The SMILES string of the molecule is CCC(C(=O)O)c1ccc([C@H](NC(=O)c2cc3c(Cl)c(OC)ccc3n2C)C(O)O)cc1. The molecule has 0 saturated heterocycles. The van der Waals surface area contributed by atoms with Crippen molar-refractivity contribution in [1.29, 1.82) is 0 Å². The van der Waals surface area contributed by atoms with E-state index in [1.54, 1.807) is 61.0 Å². The Labute approximate surface area is 190 Å². The van der Waals surface area contributed by atoms with Crippen molar-refractivity contribution < 1.29 is 29.6 Å². The molecule has 1 heterocycles. The van der Waals surface area contributed by atoms with Crippen LogP contribution in [0.2, 0.25) is 5.02 Å². The molecule has 1 aromatic heterocycles. The first-order valence-electron chi connectivity index (χ1n) is 10.0. The van der Waals surface area contributed by atoms with Crippen LogP contribution in [0.1, 0.15) is 46.9 Å². The van der Waals surface area contributed by atoms with Crippen LogP contribution in [0.4, 0.5) is 0 Å². The number of aliphatic hydroxyl groups excluding tert-OH is 1. The number of aliphatic hydroxyl groups is 2. The third kappa shape index (κ3) is 4.43. The molecule has 2 aromatic carbocycles. The molecule has 0 bridgehead atoms. The van der Waals surface area contributed by atoms with Gasteiger partial charge in [0.25, 0.3) is 5.91 Å². The van der Waals surface area contributed by atoms with Crippen molar-refractivity contribution in [2.24, 2.45) is 7.05 Å². The van der Waals surface area contributed by atoms with E-state index in [-0.39, 0.29) is 5.69 Å². The van der Waals surface area contributed by atoms with Crippen LogP contribution in [0.3, 0.4) is 0 Å². The number of methoxy groups -OCH3 is 1. The molecule has 0 fully saturated rings. The summed E-state index contributed by atoms with van der Waals surface area (Å²) in [5, 5.41) is 32.8. The number of nitrogens with zero attached hydrogens (tertiary/aromatic N) is 1. The zero-order valence-electron chi connectivity index (χ0n) is 17.9. The van der Waals surface area contributed by atoms with Crippen LogP contribution in [0, 0.1) is 0 Å². The fraction of sp³-hybridized carbons (Fsp3) is 0.304. The summed E-state index contributed by atoms with van der Waals surface area (Å²) in [6.45, 7) is 1.78. The second kappa shape index (κ2) is 9.60. The Kier molecular flexibility index (Phi) is 7.08. The van der Waals surface area contributed by atoms with E-state index >= 15 is 0 Å². The van der Waals surface area contributed by atoms with Gasteiger partial charge >= 0.3 is 5.97 Å². The monoisotopic (exact) mass is 460 g/mol. The Bertz CT molecular complexity index is 1140. The minimum Gasteiger partial charge on any atom is -0.495 e. The number of nitrogens with one attached hydrogen (secondary N) is 1. The average Bonchev–Trinajstić information content (AvgIpc) is 3.10. The van der Waals surface area contributed by atoms with Crippen molar-refractivity contribution in [1.82, 2.24) is 9.88 Å². The fourth-order valence-electron chi connectivity index (χ4n) is 3.77. The van der Waals surface area contributed by atoms with Gasteiger partial charge in [0.1, 0.15) is 17.5 Å². The zero-order chi connectivity index (χ0) is 23.6. The van der Waals surface area contributed by atoms with Crippen molar-refractivity contribution in [3.8, 4) is 5.75 Å². The van der Waals surface area contributed by atoms with Gasteiger partial charge in [-0.3, -0.25) is 9.59 Å². The van der Waals surface area contributed by atoms with Gasteiger partial charge in [-0.15, -0.1) is 0 Å². The van der Waals surface area contributed by atoms with Gasteiger partial charge in [0.05, 0.1) is 23.6 Å². The lowest BCUT2D eigenvalue weighted by atomic mass is 9.94. The van der Waals surface area contributed by atoms with E-state index in [9.17, 15) is 24.9 Å². The highest BCUT2D eigenvalue weighted by Crippen LogP contribution is 2.34. The molecule has 32 heavy (non-hydrogen) atoms. The molecule has 0 spiro atoms. The molecule has 0 radical (unpaired) electrons. The molecule has 2 atom stereocenters. The lowest BCUT2D eigenvalue weighted by Gasteiger charge is -2.22. The largest absolute Gasteiger partial charge is 0.495 e. The number of rotatable bonds is 8. The standard InChI is InChI=1S/C23H25ClN2O6/c1-4-14(22(28)29)12-5-7-13(8-6-12)20(23(30)31)25-21(27)17-11-15-16(26(17)2)9-10-18(32-3)19(15)24/h5-11,14,20,23,30-31H,4H2,1-3H3,(H,25,27)(H,28,29)/t14?,20-/m0/s1. The summed E-state index contributed by atoms with van der Waals surface area (Å²) in [5.74, 6) is -1.64. The molecule has 1 unspecified atom stereocenters. The molecule has 8 nitrogen and oxygen atoms in total. The van der Waals surface area contributed by atoms with Crippen LogP contribution in [0.5, 0.6) is 5.75 Å². The number of carbonyl (C=O) groups excluding carboxylic acids is 1. The summed E-state index contributed by atoms with van der Waals surface area (Å²) in [4.78, 5) is 24.4. The maximum atomic E-state index is 13.0. The van der Waals surface area contributed by atoms with E-state index in [1.807, 2.05) is 0 Å². The van der Waals surface area contributed by atoms with Gasteiger partial charge < -0.3 is 29.9 Å². The van der Waals surface area contributed by atoms with Crippen LogP contribution >= 0.6 is 11.6 Å². The van der Waals surface area contributed by atoms with E-state index in [1.165, 1.54) is 7.11 Å². The van der Waals surface area contributed by atoms with Gasteiger partial charge in [-0.2, -0.15) is 0 Å². The highest BCUT2D eigenvalue weighted by atomic mass is 35.5. The number of fused-ring (bicyclic) bond motifs is 1. The number of hydrogen-bond acceptors (Lipinski definition) is 5. The van der Waals surface area contributed by atoms with Gasteiger partial charge in [0.15, 0.2) is 6.29 Å². The molecule has 0 saturated carbocycles. The third-order valence-corrected chi connectivity index (χ3v) is 5.96. The number of carboxylic acid groups (broad SMARTS) is 1. The van der Waals surface area contributed by atoms with Gasteiger partial charge in [0, 0.05) is 12.4 Å². The van der Waals surface area contributed by atoms with E-state index < -0.39 is 30.1 Å². The van der Waals surface area contributed by atoms with Crippen LogP contribution in [-0.2, 0) is 11.8 Å². The summed E-state index contributed by atoms with van der Waals surface area (Å²) in [7, 11) is 3.21. The highest BCUT2D eigenvalue weighted by Gasteiger charge is 2.25. The first kappa shape index (κ1) is 23.6. The van der Waals surface area contributed by atoms with E-state index in [4.69, 9.17) is 16.3 Å². The number of halogens is 1. The molecule has 0 aliphatic rings. The minimum atomic E-state index is -1.87. The second-order valence-electron chi connectivity index (χ2n) is 7.43. The maximum Gasteiger partial charge on any atom is 0.310 e. The number of carbonyl (C=O) groups is 2. The number of hydrogen-bond donors (Lipinski definition) is 4. The van der Waals surface area contributed by atoms with Crippen molar-refractivity contribution in [3.05, 3.63) is 64.3 Å². The number of aliphatic carboxylic acids is 1. The fourth-order valence-corrected chi connectivity index (χ4v) is 4.06. The number of aromatic nitrogens is 1. The Hall–Kier alpha value is -3.07. The van der Waals surface area contributed by atoms with Crippen LogP contribution < -0.4 is 10.1 Å². The smallest absolute Gasteiger partial charge is 0.310 e. The number of benzene rings is 2. The van der Waals surface area contributed by atoms with Crippen molar-refractivity contribution in [3.63, 3.8) is 0 Å². The summed E-state index contributed by atoms with van der Waals surface area (Å²) < 4.78 is 6.87. The molecule has 0 aliphatic heterocycles. The normalized spacial score (nSPS) is 13.2. The van der Waals surface area contributed by atoms with Gasteiger partial charge in [-0.05, 0) is 35.7 Å². The lowest BCUT2D eigenvalue weighted by Crippen LogP contribution is -2.37. The summed E-state index contributed by atoms with van der Waals surface area (Å²) in [5.41, 5.74) is 2.01. The number of ether oxygens (including phenoxy) is 1. The topological polar surface area (TPSA) is 121 Å². The second-order valence-corrected chi connectivity index (χ2v) is 7.81. The third-order valence-electron chi connectivity index (χ3n) is 5.57. The maximum absolute atomic E-state index is 13.0.